The van der Waals surface area contributed by atoms with Gasteiger partial charge in [-0.1, -0.05) is 18.7 Å². The summed E-state index contributed by atoms with van der Waals surface area (Å²) in [5, 5.41) is 10.3. The third-order valence-corrected chi connectivity index (χ3v) is 1.43. The third kappa shape index (κ3) is 1.32. The van der Waals surface area contributed by atoms with Crippen LogP contribution in [-0.4, -0.2) is 4.92 Å². The first kappa shape index (κ1) is 8.39. The molecule has 0 unspecified atom stereocenters. The fourth-order valence-electron chi connectivity index (χ4n) is 0.887. The fraction of sp³-hybridized carbons (Fsp3) is 0. The predicted octanol–water partition coefficient (Wildman–Crippen LogP) is 2.38. The molecule has 1 aromatic rings. The van der Waals surface area contributed by atoms with Crippen LogP contribution in [0.5, 0.6) is 0 Å². The Labute approximate surface area is 68.3 Å². The van der Waals surface area contributed by atoms with Crippen molar-refractivity contribution in [1.29, 1.82) is 0 Å². The van der Waals surface area contributed by atoms with Gasteiger partial charge in [-0.05, 0) is 6.07 Å². The van der Waals surface area contributed by atoms with E-state index in [-0.39, 0.29) is 11.3 Å². The topological polar surface area (TPSA) is 43.1 Å². The summed E-state index contributed by atoms with van der Waals surface area (Å²) in [6.45, 7) is 3.29. The van der Waals surface area contributed by atoms with E-state index in [0.29, 0.717) is 0 Å². The normalized spacial score (nSPS) is 9.42. The second kappa shape index (κ2) is 3.13. The first-order valence-corrected chi connectivity index (χ1v) is 3.22. The number of halogens is 1. The average molecular weight is 167 g/mol. The van der Waals surface area contributed by atoms with Crippen molar-refractivity contribution in [3.8, 4) is 0 Å². The largest absolute Gasteiger partial charge is 0.279 e. The SMILES string of the molecule is C=Cc1c(F)cccc1[N+](=O)[O-]. The molecule has 0 N–H and O–H groups in total. The van der Waals surface area contributed by atoms with Crippen LogP contribution in [-0.2, 0) is 0 Å². The Morgan fingerprint density at radius 3 is 2.67 bits per heavy atom. The summed E-state index contributed by atoms with van der Waals surface area (Å²) in [6.07, 6.45) is 1.13. The van der Waals surface area contributed by atoms with Crippen LogP contribution in [0.25, 0.3) is 6.08 Å². The van der Waals surface area contributed by atoms with Crippen molar-refractivity contribution in [2.45, 2.75) is 0 Å². The number of nitro benzene ring substituents is 1. The second-order valence-corrected chi connectivity index (χ2v) is 2.13. The van der Waals surface area contributed by atoms with Gasteiger partial charge in [-0.15, -0.1) is 0 Å². The zero-order chi connectivity index (χ0) is 9.14. The zero-order valence-electron chi connectivity index (χ0n) is 6.16. The van der Waals surface area contributed by atoms with Crippen LogP contribution in [0.1, 0.15) is 5.56 Å². The lowest BCUT2D eigenvalue weighted by molar-refractivity contribution is -0.385. The van der Waals surface area contributed by atoms with Crippen molar-refractivity contribution in [1.82, 2.24) is 0 Å². The van der Waals surface area contributed by atoms with Gasteiger partial charge < -0.3 is 0 Å². The van der Waals surface area contributed by atoms with Crippen molar-refractivity contribution in [3.63, 3.8) is 0 Å². The Morgan fingerprint density at radius 2 is 2.25 bits per heavy atom. The highest BCUT2D eigenvalue weighted by Crippen LogP contribution is 2.21. The van der Waals surface area contributed by atoms with Gasteiger partial charge in [0.1, 0.15) is 5.82 Å². The van der Waals surface area contributed by atoms with Crippen molar-refractivity contribution in [3.05, 3.63) is 46.3 Å². The molecule has 1 rings (SSSR count). The summed E-state index contributed by atoms with van der Waals surface area (Å²) < 4.78 is 12.8. The maximum Gasteiger partial charge on any atom is 0.279 e. The van der Waals surface area contributed by atoms with E-state index in [9.17, 15) is 14.5 Å². The standard InChI is InChI=1S/C8H6FNO2/c1-2-6-7(9)4-3-5-8(6)10(11)12/h2-5H,1H2. The summed E-state index contributed by atoms with van der Waals surface area (Å²) in [5.74, 6) is -0.626. The zero-order valence-corrected chi connectivity index (χ0v) is 6.16. The molecule has 0 saturated heterocycles. The van der Waals surface area contributed by atoms with Gasteiger partial charge in [-0.3, -0.25) is 10.1 Å². The summed E-state index contributed by atoms with van der Waals surface area (Å²) in [7, 11) is 0. The van der Waals surface area contributed by atoms with Crippen LogP contribution in [0.15, 0.2) is 24.8 Å². The second-order valence-electron chi connectivity index (χ2n) is 2.13. The molecule has 3 nitrogen and oxygen atoms in total. The molecular weight excluding hydrogens is 161 g/mol. The lowest BCUT2D eigenvalue weighted by Gasteiger charge is -1.96. The monoisotopic (exact) mass is 167 g/mol. The minimum atomic E-state index is -0.639. The molecule has 0 aromatic heterocycles. The molecular formula is C8H6FNO2. The van der Waals surface area contributed by atoms with Crippen LogP contribution >= 0.6 is 0 Å². The van der Waals surface area contributed by atoms with Gasteiger partial charge in [0.2, 0.25) is 0 Å². The van der Waals surface area contributed by atoms with Crippen LogP contribution in [0.3, 0.4) is 0 Å². The molecule has 4 heteroatoms. The van der Waals surface area contributed by atoms with Crippen LogP contribution in [0, 0.1) is 15.9 Å². The van der Waals surface area contributed by atoms with E-state index < -0.39 is 10.7 Å². The minimum absolute atomic E-state index is 0.0671. The summed E-state index contributed by atoms with van der Waals surface area (Å²) >= 11 is 0. The highest BCUT2D eigenvalue weighted by Gasteiger charge is 2.13. The number of nitrogens with zero attached hydrogens (tertiary/aromatic N) is 1. The van der Waals surface area contributed by atoms with Gasteiger partial charge in [0, 0.05) is 6.07 Å². The molecule has 0 bridgehead atoms. The molecule has 0 saturated carbocycles. The maximum absolute atomic E-state index is 12.8. The molecule has 0 aliphatic carbocycles. The molecule has 0 amide bonds. The van der Waals surface area contributed by atoms with Crippen molar-refractivity contribution >= 4 is 11.8 Å². The smallest absolute Gasteiger partial charge is 0.258 e. The molecule has 12 heavy (non-hydrogen) atoms. The molecule has 0 heterocycles. The first-order valence-electron chi connectivity index (χ1n) is 3.22. The minimum Gasteiger partial charge on any atom is -0.258 e. The highest BCUT2D eigenvalue weighted by molar-refractivity contribution is 5.59. The molecule has 0 radical (unpaired) electrons. The van der Waals surface area contributed by atoms with Crippen LogP contribution < -0.4 is 0 Å². The Hall–Kier alpha value is -1.71. The fourth-order valence-corrected chi connectivity index (χ4v) is 0.887. The quantitative estimate of drug-likeness (QED) is 0.501. The van der Waals surface area contributed by atoms with E-state index in [2.05, 4.69) is 6.58 Å². The van der Waals surface area contributed by atoms with Gasteiger partial charge in [-0.25, -0.2) is 4.39 Å². The molecule has 0 aliphatic heterocycles. The van der Waals surface area contributed by atoms with Gasteiger partial charge in [-0.2, -0.15) is 0 Å². The van der Waals surface area contributed by atoms with E-state index in [1.54, 1.807) is 0 Å². The van der Waals surface area contributed by atoms with Gasteiger partial charge in [0.15, 0.2) is 0 Å². The van der Waals surface area contributed by atoms with E-state index in [1.807, 2.05) is 0 Å². The lowest BCUT2D eigenvalue weighted by Crippen LogP contribution is -1.93. The maximum atomic E-state index is 12.8. The number of nitro groups is 1. The van der Waals surface area contributed by atoms with Crippen molar-refractivity contribution in [2.75, 3.05) is 0 Å². The molecule has 0 atom stereocenters. The van der Waals surface area contributed by atoms with Crippen LogP contribution in [0.2, 0.25) is 0 Å². The number of benzene rings is 1. The van der Waals surface area contributed by atoms with E-state index >= 15 is 0 Å². The molecule has 0 aliphatic rings. The van der Waals surface area contributed by atoms with Gasteiger partial charge in [0.05, 0.1) is 10.5 Å². The number of rotatable bonds is 2. The molecule has 0 fully saturated rings. The average Bonchev–Trinajstić information content (AvgIpc) is 2.03. The predicted molar refractivity (Wildman–Crippen MR) is 43.1 cm³/mol. The Balaban J connectivity index is 3.37. The lowest BCUT2D eigenvalue weighted by atomic mass is 10.2. The highest BCUT2D eigenvalue weighted by atomic mass is 19.1. The van der Waals surface area contributed by atoms with Crippen molar-refractivity contribution < 1.29 is 9.31 Å². The van der Waals surface area contributed by atoms with Gasteiger partial charge in [0.25, 0.3) is 5.69 Å². The molecule has 62 valence electrons. The Kier molecular flexibility index (Phi) is 2.19. The Morgan fingerprint density at radius 1 is 1.58 bits per heavy atom. The summed E-state index contributed by atoms with van der Waals surface area (Å²) in [4.78, 5) is 9.69. The Bertz CT molecular complexity index is 336. The van der Waals surface area contributed by atoms with E-state index in [4.69, 9.17) is 0 Å². The first-order chi connectivity index (χ1) is 5.66. The molecule has 0 spiro atoms. The number of hydrogen-bond acceptors (Lipinski definition) is 2. The summed E-state index contributed by atoms with van der Waals surface area (Å²) in [6, 6.07) is 3.69. The van der Waals surface area contributed by atoms with Gasteiger partial charge >= 0.3 is 0 Å². The van der Waals surface area contributed by atoms with Crippen molar-refractivity contribution in [2.24, 2.45) is 0 Å². The molecule has 1 aromatic carbocycles. The van der Waals surface area contributed by atoms with E-state index in [1.165, 1.54) is 12.1 Å². The van der Waals surface area contributed by atoms with E-state index in [0.717, 1.165) is 12.1 Å². The number of hydrogen-bond donors (Lipinski definition) is 0. The third-order valence-electron chi connectivity index (χ3n) is 1.43. The van der Waals surface area contributed by atoms with Crippen LogP contribution in [0.4, 0.5) is 10.1 Å². The summed E-state index contributed by atoms with van der Waals surface area (Å²) in [5.41, 5.74) is -0.326.